The van der Waals surface area contributed by atoms with Gasteiger partial charge in [-0.3, -0.25) is 4.72 Å². The number of halogens is 2. The Hall–Kier alpha value is -3.40. The number of aryl methyl sites for hydroxylation is 1. The molecule has 0 unspecified atom stereocenters. The first kappa shape index (κ1) is 13.9. The third-order valence-electron chi connectivity index (χ3n) is 4.14. The molecule has 10 heteroatoms. The predicted molar refractivity (Wildman–Crippen MR) is 116 cm³/mol. The smallest absolute Gasteiger partial charge is 0.380 e. The SMILES string of the molecule is [2H]c1c(F)ccc(Oc2ccc(NS(=O)(=O)CC)cc2-c2cc(OC([2H])([2H])C([2H])([2H])[2H])[n+]([O-])c(C([2H])([2H])[2H])c2)c1F. The van der Waals surface area contributed by atoms with E-state index in [9.17, 15) is 22.4 Å². The number of hydrogen-bond donors (Lipinski definition) is 1. The molecule has 1 heterocycles. The Bertz CT molecular complexity index is 1580. The van der Waals surface area contributed by atoms with Gasteiger partial charge in [-0.2, -0.15) is 0 Å². The zero-order valence-corrected chi connectivity index (χ0v) is 17.2. The van der Waals surface area contributed by atoms with Gasteiger partial charge < -0.3 is 14.7 Å². The zero-order chi connectivity index (χ0) is 31.1. The van der Waals surface area contributed by atoms with Gasteiger partial charge in [-0.15, -0.1) is 4.73 Å². The van der Waals surface area contributed by atoms with Gasteiger partial charge in [-0.05, 0) is 44.1 Å². The summed E-state index contributed by atoms with van der Waals surface area (Å²) in [6.07, 6.45) is 0. The number of nitrogens with one attached hydrogen (secondary N) is 1. The lowest BCUT2D eigenvalue weighted by Gasteiger charge is -2.16. The summed E-state index contributed by atoms with van der Waals surface area (Å²) in [7, 11) is -3.85. The van der Waals surface area contributed by atoms with Crippen molar-refractivity contribution in [2.45, 2.75) is 20.6 Å². The van der Waals surface area contributed by atoms with Gasteiger partial charge in [0.05, 0.1) is 22.5 Å². The maximum atomic E-state index is 14.6. The molecule has 32 heavy (non-hydrogen) atoms. The number of ether oxygens (including phenoxy) is 2. The Morgan fingerprint density at radius 1 is 1.22 bits per heavy atom. The molecule has 1 aromatic heterocycles. The Morgan fingerprint density at radius 2 is 2.00 bits per heavy atom. The van der Waals surface area contributed by atoms with Crippen LogP contribution in [0.4, 0.5) is 14.5 Å². The van der Waals surface area contributed by atoms with Crippen LogP contribution in [-0.4, -0.2) is 20.7 Å². The van der Waals surface area contributed by atoms with E-state index in [1.54, 1.807) is 0 Å². The van der Waals surface area contributed by atoms with Crippen LogP contribution in [0.3, 0.4) is 0 Å². The molecule has 3 rings (SSSR count). The van der Waals surface area contributed by atoms with Crippen LogP contribution in [0.5, 0.6) is 17.4 Å². The number of benzene rings is 2. The molecule has 0 aliphatic rings. The number of hydrogen-bond acceptors (Lipinski definition) is 5. The maximum Gasteiger partial charge on any atom is 0.380 e. The van der Waals surface area contributed by atoms with E-state index in [4.69, 9.17) is 21.8 Å². The van der Waals surface area contributed by atoms with E-state index in [1.807, 2.05) is 0 Å². The minimum atomic E-state index is -3.85. The molecule has 170 valence electrons. The van der Waals surface area contributed by atoms with Crippen molar-refractivity contribution >= 4 is 15.7 Å². The maximum absolute atomic E-state index is 14.6. The van der Waals surface area contributed by atoms with Crippen LogP contribution in [0.25, 0.3) is 11.1 Å². The minimum absolute atomic E-state index is 0.0930. The molecule has 7 nitrogen and oxygen atoms in total. The molecular weight excluding hydrogens is 442 g/mol. The summed E-state index contributed by atoms with van der Waals surface area (Å²) in [5.74, 6) is -4.94. The lowest BCUT2D eigenvalue weighted by molar-refractivity contribution is -0.619. The lowest BCUT2D eigenvalue weighted by Crippen LogP contribution is -2.32. The molecule has 0 aliphatic carbocycles. The first-order chi connectivity index (χ1) is 18.7. The summed E-state index contributed by atoms with van der Waals surface area (Å²) >= 11 is 0. The highest BCUT2D eigenvalue weighted by Gasteiger charge is 2.19. The molecular formula is C22H22F2N2O5S. The summed E-state index contributed by atoms with van der Waals surface area (Å²) < 4.78 is 133. The number of rotatable bonds is 8. The van der Waals surface area contributed by atoms with Crippen LogP contribution in [0.2, 0.25) is 0 Å². The van der Waals surface area contributed by atoms with Gasteiger partial charge in [-0.1, -0.05) is 0 Å². The van der Waals surface area contributed by atoms with Crippen LogP contribution in [-0.2, 0) is 10.0 Å². The summed E-state index contributed by atoms with van der Waals surface area (Å²) in [5, 5.41) is 12.8. The van der Waals surface area contributed by atoms with Crippen LogP contribution in [0.15, 0.2) is 48.5 Å². The summed E-state index contributed by atoms with van der Waals surface area (Å²) in [5.41, 5.74) is -1.56. The van der Waals surface area contributed by atoms with Crippen LogP contribution in [0.1, 0.15) is 31.8 Å². The fraction of sp³-hybridized carbons (Fsp3) is 0.227. The average molecular weight is 474 g/mol. The van der Waals surface area contributed by atoms with Gasteiger partial charge in [-0.25, -0.2) is 17.2 Å². The molecule has 0 saturated heterocycles. The Kier molecular flexibility index (Phi) is 4.08. The molecule has 0 fully saturated rings. The molecule has 1 N–H and O–H groups in total. The topological polar surface area (TPSA) is 91.6 Å². The first-order valence-corrected chi connectivity index (χ1v) is 10.6. The minimum Gasteiger partial charge on any atom is -0.616 e. The van der Waals surface area contributed by atoms with Gasteiger partial charge in [0.1, 0.15) is 11.6 Å². The highest BCUT2D eigenvalue weighted by molar-refractivity contribution is 7.92. The second kappa shape index (κ2) is 9.39. The van der Waals surface area contributed by atoms with E-state index in [2.05, 4.69) is 4.72 Å². The first-order valence-electron chi connectivity index (χ1n) is 13.4. The highest BCUT2D eigenvalue weighted by atomic mass is 32.2. The van der Waals surface area contributed by atoms with Crippen molar-refractivity contribution < 1.29 is 43.7 Å². The second-order valence-electron chi connectivity index (χ2n) is 6.27. The van der Waals surface area contributed by atoms with Crippen LogP contribution >= 0.6 is 0 Å². The van der Waals surface area contributed by atoms with E-state index in [0.717, 1.165) is 36.4 Å². The third-order valence-corrected chi connectivity index (χ3v) is 5.44. The largest absolute Gasteiger partial charge is 0.616 e. The van der Waals surface area contributed by atoms with Gasteiger partial charge in [0.15, 0.2) is 17.3 Å². The van der Waals surface area contributed by atoms with Crippen molar-refractivity contribution in [3.8, 4) is 28.5 Å². The van der Waals surface area contributed by atoms with Gasteiger partial charge in [0.25, 0.3) is 0 Å². The number of sulfonamides is 1. The zero-order valence-electron chi connectivity index (χ0n) is 25.4. The fourth-order valence-electron chi connectivity index (χ4n) is 2.62. The molecule has 0 atom stereocenters. The van der Waals surface area contributed by atoms with E-state index >= 15 is 0 Å². The molecule has 2 aromatic carbocycles. The van der Waals surface area contributed by atoms with E-state index in [-0.39, 0.29) is 33.0 Å². The normalized spacial score (nSPS) is 16.7. The number of aromatic nitrogens is 1. The van der Waals surface area contributed by atoms with Crippen molar-refractivity contribution in [3.63, 3.8) is 0 Å². The molecule has 0 radical (unpaired) electrons. The monoisotopic (exact) mass is 473 g/mol. The number of pyridine rings is 1. The van der Waals surface area contributed by atoms with Gasteiger partial charge in [0.2, 0.25) is 10.0 Å². The van der Waals surface area contributed by atoms with Crippen molar-refractivity contribution in [2.75, 3.05) is 17.0 Å². The molecule has 0 amide bonds. The predicted octanol–water partition coefficient (Wildman–Crippen LogP) is 4.53. The van der Waals surface area contributed by atoms with Crippen molar-refractivity contribution in [2.24, 2.45) is 0 Å². The Labute approximate surface area is 197 Å². The fourth-order valence-corrected chi connectivity index (χ4v) is 3.25. The second-order valence-corrected chi connectivity index (χ2v) is 8.28. The molecule has 0 saturated carbocycles. The van der Waals surface area contributed by atoms with E-state index in [0.29, 0.717) is 0 Å². The lowest BCUT2D eigenvalue weighted by atomic mass is 10.0. The van der Waals surface area contributed by atoms with E-state index in [1.165, 1.54) is 13.0 Å². The van der Waals surface area contributed by atoms with Crippen LogP contribution < -0.4 is 18.9 Å². The number of anilines is 1. The van der Waals surface area contributed by atoms with E-state index < -0.39 is 65.3 Å². The summed E-state index contributed by atoms with van der Waals surface area (Å²) in [6.45, 7) is -8.65. The highest BCUT2D eigenvalue weighted by Crippen LogP contribution is 2.37. The Balaban J connectivity index is 2.32. The summed E-state index contributed by atoms with van der Waals surface area (Å²) in [4.78, 5) is 0. The van der Waals surface area contributed by atoms with Gasteiger partial charge in [0, 0.05) is 44.0 Å². The quantitative estimate of drug-likeness (QED) is 0.384. The average Bonchev–Trinajstić information content (AvgIpc) is 2.84. The van der Waals surface area contributed by atoms with Crippen molar-refractivity contribution in [3.05, 3.63) is 71.0 Å². The molecule has 0 bridgehead atoms. The molecule has 0 aliphatic heterocycles. The third kappa shape index (κ3) is 5.25. The van der Waals surface area contributed by atoms with Crippen molar-refractivity contribution in [1.82, 2.24) is 0 Å². The number of nitrogens with zero attached hydrogens (tertiary/aromatic N) is 1. The van der Waals surface area contributed by atoms with Crippen molar-refractivity contribution in [1.29, 1.82) is 0 Å². The van der Waals surface area contributed by atoms with Crippen LogP contribution in [0, 0.1) is 23.7 Å². The Morgan fingerprint density at radius 3 is 2.72 bits per heavy atom. The van der Waals surface area contributed by atoms with Gasteiger partial charge >= 0.3 is 5.88 Å². The molecule has 3 aromatic rings. The standard InChI is InChI=1S/C22H22F2N2O5S/c1-4-30-22-11-15(10-14(3)26(22)27)18-13-17(25-32(28,29)5-2)7-9-20(18)31-21-8-6-16(23)12-19(21)24/h6-13,25H,4-5H2,1-3H3/i1D3,3D3,4D2,12D. The molecule has 0 spiro atoms. The summed E-state index contributed by atoms with van der Waals surface area (Å²) in [6, 6.07) is 5.54.